The third-order valence-electron chi connectivity index (χ3n) is 3.28. The smallest absolute Gasteiger partial charge is 0.175 e. The van der Waals surface area contributed by atoms with Crippen LogP contribution in [-0.4, -0.2) is 33.5 Å². The number of benzene rings is 1. The summed E-state index contributed by atoms with van der Waals surface area (Å²) in [6, 6.07) is 6.23. The van der Waals surface area contributed by atoms with Crippen LogP contribution in [0.25, 0.3) is 0 Å². The molecule has 106 valence electrons. The van der Waals surface area contributed by atoms with E-state index in [1.54, 1.807) is 12.1 Å². The van der Waals surface area contributed by atoms with Crippen LogP contribution in [0.3, 0.4) is 0 Å². The van der Waals surface area contributed by atoms with Crippen molar-refractivity contribution < 1.29 is 13.2 Å². The van der Waals surface area contributed by atoms with Crippen molar-refractivity contribution in [3.63, 3.8) is 0 Å². The van der Waals surface area contributed by atoms with Crippen LogP contribution in [0.2, 0.25) is 0 Å². The van der Waals surface area contributed by atoms with Crippen molar-refractivity contribution in [2.45, 2.75) is 17.7 Å². The number of Topliss-reactive ketones (excluding diaryl/α,β-unsaturated/α-hetero) is 1. The van der Waals surface area contributed by atoms with Crippen molar-refractivity contribution in [2.24, 2.45) is 5.92 Å². The van der Waals surface area contributed by atoms with Crippen LogP contribution in [0.4, 0.5) is 0 Å². The summed E-state index contributed by atoms with van der Waals surface area (Å²) in [5.41, 5.74) is 0.606. The van der Waals surface area contributed by atoms with E-state index in [9.17, 15) is 13.2 Å². The Hall–Kier alpha value is -0.910. The minimum atomic E-state index is -3.19. The molecule has 0 radical (unpaired) electrons. The fraction of sp³-hybridized carbons (Fsp3) is 0.462. The minimum Gasteiger partial charge on any atom is -0.317 e. The molecule has 1 aliphatic heterocycles. The molecule has 1 N–H and O–H groups in total. The first-order valence-corrected chi connectivity index (χ1v) is 7.92. The topological polar surface area (TPSA) is 63.2 Å². The minimum absolute atomic E-state index is 0. The molecule has 1 fully saturated rings. The number of ketones is 1. The number of nitrogens with one attached hydrogen (secondary N) is 1. The van der Waals surface area contributed by atoms with Gasteiger partial charge in [-0.2, -0.15) is 0 Å². The Kier molecular flexibility index (Phi) is 5.52. The molecule has 1 saturated heterocycles. The van der Waals surface area contributed by atoms with Gasteiger partial charge in [-0.1, -0.05) is 12.1 Å². The molecule has 0 spiro atoms. The van der Waals surface area contributed by atoms with E-state index in [0.29, 0.717) is 5.56 Å². The number of piperidine rings is 1. The molecule has 1 aliphatic rings. The lowest BCUT2D eigenvalue weighted by molar-refractivity contribution is 0.0895. The van der Waals surface area contributed by atoms with Gasteiger partial charge >= 0.3 is 0 Å². The van der Waals surface area contributed by atoms with Gasteiger partial charge in [-0.3, -0.25) is 4.79 Å². The van der Waals surface area contributed by atoms with Crippen LogP contribution in [0, 0.1) is 5.92 Å². The second-order valence-corrected chi connectivity index (χ2v) is 6.70. The zero-order valence-corrected chi connectivity index (χ0v) is 12.4. The normalized spacial score (nSPS) is 16.7. The van der Waals surface area contributed by atoms with E-state index in [1.165, 1.54) is 12.1 Å². The van der Waals surface area contributed by atoms with E-state index in [2.05, 4.69) is 5.32 Å². The summed E-state index contributed by atoms with van der Waals surface area (Å²) >= 11 is 0. The Morgan fingerprint density at radius 2 is 1.68 bits per heavy atom. The summed E-state index contributed by atoms with van der Waals surface area (Å²) in [7, 11) is -3.19. The van der Waals surface area contributed by atoms with Crippen LogP contribution < -0.4 is 5.32 Å². The maximum absolute atomic E-state index is 12.2. The number of halogens is 1. The first-order chi connectivity index (χ1) is 8.48. The number of carbonyl (C=O) groups excluding carboxylic acids is 1. The average Bonchev–Trinajstić information content (AvgIpc) is 2.38. The molecule has 0 amide bonds. The molecular weight excluding hydrogens is 286 g/mol. The van der Waals surface area contributed by atoms with E-state index >= 15 is 0 Å². The van der Waals surface area contributed by atoms with E-state index in [0.717, 1.165) is 32.2 Å². The maximum Gasteiger partial charge on any atom is 0.175 e. The van der Waals surface area contributed by atoms with Gasteiger partial charge in [0.25, 0.3) is 0 Å². The van der Waals surface area contributed by atoms with Crippen LogP contribution in [0.15, 0.2) is 29.2 Å². The maximum atomic E-state index is 12.2. The van der Waals surface area contributed by atoms with Crippen molar-refractivity contribution >= 4 is 28.0 Å². The van der Waals surface area contributed by atoms with E-state index in [1.807, 2.05) is 0 Å². The van der Waals surface area contributed by atoms with Gasteiger partial charge in [0.2, 0.25) is 0 Å². The molecule has 4 nitrogen and oxygen atoms in total. The number of hydrogen-bond acceptors (Lipinski definition) is 4. The highest BCUT2D eigenvalue weighted by Gasteiger charge is 2.22. The van der Waals surface area contributed by atoms with Crippen LogP contribution in [-0.2, 0) is 9.84 Å². The molecule has 0 aliphatic carbocycles. The summed E-state index contributed by atoms with van der Waals surface area (Å²) in [4.78, 5) is 12.4. The zero-order valence-electron chi connectivity index (χ0n) is 10.8. The Bertz CT molecular complexity index is 534. The van der Waals surface area contributed by atoms with Crippen molar-refractivity contribution in [3.05, 3.63) is 29.8 Å². The molecule has 0 atom stereocenters. The van der Waals surface area contributed by atoms with E-state index < -0.39 is 9.84 Å². The Morgan fingerprint density at radius 3 is 2.16 bits per heavy atom. The first kappa shape index (κ1) is 16.1. The number of hydrogen-bond donors (Lipinski definition) is 1. The predicted molar refractivity (Wildman–Crippen MR) is 76.7 cm³/mol. The molecule has 1 heterocycles. The van der Waals surface area contributed by atoms with Crippen molar-refractivity contribution in [3.8, 4) is 0 Å². The molecule has 0 aromatic heterocycles. The third kappa shape index (κ3) is 4.03. The Balaban J connectivity index is 0.00000180. The first-order valence-electron chi connectivity index (χ1n) is 6.03. The summed E-state index contributed by atoms with van der Waals surface area (Å²) in [5.74, 6) is 0.187. The molecule has 1 aromatic rings. The highest BCUT2D eigenvalue weighted by molar-refractivity contribution is 7.90. The second kappa shape index (κ2) is 6.50. The van der Waals surface area contributed by atoms with Crippen molar-refractivity contribution in [1.82, 2.24) is 5.32 Å². The molecule has 0 unspecified atom stereocenters. The van der Waals surface area contributed by atoms with Gasteiger partial charge in [-0.05, 0) is 38.1 Å². The summed E-state index contributed by atoms with van der Waals surface area (Å²) in [5, 5.41) is 3.22. The van der Waals surface area contributed by atoms with Gasteiger partial charge in [0.1, 0.15) is 0 Å². The van der Waals surface area contributed by atoms with E-state index in [4.69, 9.17) is 0 Å². The summed E-state index contributed by atoms with van der Waals surface area (Å²) in [6.45, 7) is 1.75. The molecule has 0 saturated carbocycles. The van der Waals surface area contributed by atoms with Crippen LogP contribution in [0.1, 0.15) is 23.2 Å². The molecule has 2 rings (SSSR count). The lowest BCUT2D eigenvalue weighted by Gasteiger charge is -2.21. The van der Waals surface area contributed by atoms with Gasteiger partial charge < -0.3 is 5.32 Å². The third-order valence-corrected chi connectivity index (χ3v) is 4.41. The van der Waals surface area contributed by atoms with Crippen LogP contribution >= 0.6 is 12.4 Å². The Morgan fingerprint density at radius 1 is 1.16 bits per heavy atom. The fourth-order valence-electron chi connectivity index (χ4n) is 2.19. The average molecular weight is 304 g/mol. The SMILES string of the molecule is CS(=O)(=O)c1ccc(C(=O)C2CCNCC2)cc1.Cl. The van der Waals surface area contributed by atoms with Gasteiger partial charge in [0.15, 0.2) is 15.6 Å². The number of rotatable bonds is 3. The molecule has 1 aromatic carbocycles. The number of sulfone groups is 1. The highest BCUT2D eigenvalue weighted by atomic mass is 35.5. The lowest BCUT2D eigenvalue weighted by Crippen LogP contribution is -2.31. The van der Waals surface area contributed by atoms with Crippen molar-refractivity contribution in [2.75, 3.05) is 19.3 Å². The second-order valence-electron chi connectivity index (χ2n) is 4.69. The monoisotopic (exact) mass is 303 g/mol. The zero-order chi connectivity index (χ0) is 13.2. The van der Waals surface area contributed by atoms with Gasteiger partial charge in [0.05, 0.1) is 4.90 Å². The standard InChI is InChI=1S/C13H17NO3S.ClH/c1-18(16,17)12-4-2-10(3-5-12)13(15)11-6-8-14-9-7-11;/h2-5,11,14H,6-9H2,1H3;1H. The van der Waals surface area contributed by atoms with Crippen LogP contribution in [0.5, 0.6) is 0 Å². The van der Waals surface area contributed by atoms with Gasteiger partial charge in [-0.15, -0.1) is 12.4 Å². The fourth-order valence-corrected chi connectivity index (χ4v) is 2.82. The molecule has 0 bridgehead atoms. The lowest BCUT2D eigenvalue weighted by atomic mass is 9.90. The van der Waals surface area contributed by atoms with Crippen molar-refractivity contribution in [1.29, 1.82) is 0 Å². The molecule has 19 heavy (non-hydrogen) atoms. The quantitative estimate of drug-likeness (QED) is 0.863. The summed E-state index contributed by atoms with van der Waals surface area (Å²) < 4.78 is 22.6. The largest absolute Gasteiger partial charge is 0.317 e. The Labute approximate surface area is 119 Å². The van der Waals surface area contributed by atoms with E-state index in [-0.39, 0.29) is 29.0 Å². The predicted octanol–water partition coefficient (Wildman–Crippen LogP) is 1.69. The van der Waals surface area contributed by atoms with Gasteiger partial charge in [-0.25, -0.2) is 8.42 Å². The summed E-state index contributed by atoms with van der Waals surface area (Å²) in [6.07, 6.45) is 2.87. The number of carbonyl (C=O) groups is 1. The molecule has 6 heteroatoms. The van der Waals surface area contributed by atoms with Gasteiger partial charge in [0, 0.05) is 17.7 Å². The molecular formula is C13H18ClNO3S. The highest BCUT2D eigenvalue weighted by Crippen LogP contribution is 2.19.